The van der Waals surface area contributed by atoms with Crippen molar-refractivity contribution in [1.82, 2.24) is 0 Å². The molecule has 0 spiro atoms. The minimum Gasteiger partial charge on any atom is -0.508 e. The van der Waals surface area contributed by atoms with E-state index in [1.807, 2.05) is 19.1 Å². The molecule has 0 aliphatic heterocycles. The number of rotatable bonds is 6. The van der Waals surface area contributed by atoms with E-state index < -0.39 is 11.0 Å². The molecule has 0 unspecified atom stereocenters. The highest BCUT2D eigenvalue weighted by Gasteiger charge is 2.13. The van der Waals surface area contributed by atoms with Crippen molar-refractivity contribution in [2.45, 2.75) is 32.8 Å². The van der Waals surface area contributed by atoms with Gasteiger partial charge in [-0.1, -0.05) is 17.7 Å². The molecule has 2 aromatic carbocycles. The van der Waals surface area contributed by atoms with E-state index in [0.29, 0.717) is 24.4 Å². The van der Waals surface area contributed by atoms with Gasteiger partial charge in [0, 0.05) is 12.1 Å². The topological polar surface area (TPSA) is 100 Å². The number of hydrogen-bond acceptors (Lipinski definition) is 6. The van der Waals surface area contributed by atoms with Crippen LogP contribution in [0.15, 0.2) is 63.3 Å². The molecule has 3 aromatic rings. The fourth-order valence-corrected chi connectivity index (χ4v) is 2.91. The molecule has 0 radical (unpaired) electrons. The highest BCUT2D eigenvalue weighted by molar-refractivity contribution is 5.94. The van der Waals surface area contributed by atoms with E-state index in [4.69, 9.17) is 9.15 Å². The minimum atomic E-state index is -0.833. The monoisotopic (exact) mass is 396 g/mol. The van der Waals surface area contributed by atoms with E-state index in [1.54, 1.807) is 38.1 Å². The minimum absolute atomic E-state index is 0.0155. The molecule has 3 N–H and O–H groups in total. The lowest BCUT2D eigenvalue weighted by atomic mass is 10.1. The van der Waals surface area contributed by atoms with E-state index in [2.05, 4.69) is 0 Å². The van der Waals surface area contributed by atoms with Crippen LogP contribution in [0, 0.1) is 0 Å². The van der Waals surface area contributed by atoms with Crippen LogP contribution in [0.5, 0.6) is 17.2 Å². The summed E-state index contributed by atoms with van der Waals surface area (Å²) in [6.45, 7) is 5.73. The Morgan fingerprint density at radius 1 is 1.17 bits per heavy atom. The standard InChI is InChI=1S/C23H24O6/c1-14(5-4-9-23(2,3)27)8-10-28-16-6-7-19-17(13-16)22(26)21-18(25)11-15(24)12-20(21)29-19/h4,6-9,11-13,24-25,27H,5,10H2,1-3H3/b9-4+,14-8+. The van der Waals surface area contributed by atoms with Gasteiger partial charge in [0.05, 0.1) is 11.0 Å². The Morgan fingerprint density at radius 3 is 2.66 bits per heavy atom. The number of phenolic OH excluding ortho intramolecular Hbond substituents is 2. The summed E-state index contributed by atoms with van der Waals surface area (Å²) in [5.74, 6) is -0.0184. The van der Waals surface area contributed by atoms with Crippen LogP contribution in [0.25, 0.3) is 21.9 Å². The van der Waals surface area contributed by atoms with Crippen LogP contribution in [0.4, 0.5) is 0 Å². The Morgan fingerprint density at radius 2 is 1.93 bits per heavy atom. The van der Waals surface area contributed by atoms with Crippen molar-refractivity contribution >= 4 is 21.9 Å². The van der Waals surface area contributed by atoms with Crippen LogP contribution in [0.3, 0.4) is 0 Å². The van der Waals surface area contributed by atoms with Crippen molar-refractivity contribution in [3.05, 3.63) is 64.4 Å². The number of allylic oxidation sites excluding steroid dienone is 2. The molecule has 1 heterocycles. The van der Waals surface area contributed by atoms with Gasteiger partial charge in [-0.3, -0.25) is 4.79 Å². The summed E-state index contributed by atoms with van der Waals surface area (Å²) >= 11 is 0. The van der Waals surface area contributed by atoms with Crippen LogP contribution in [-0.2, 0) is 0 Å². The Balaban J connectivity index is 1.80. The van der Waals surface area contributed by atoms with Gasteiger partial charge in [-0.05, 0) is 51.5 Å². The van der Waals surface area contributed by atoms with Gasteiger partial charge >= 0.3 is 0 Å². The first-order chi connectivity index (χ1) is 13.6. The fourth-order valence-electron chi connectivity index (χ4n) is 2.91. The molecule has 1 aromatic heterocycles. The lowest BCUT2D eigenvalue weighted by Crippen LogP contribution is -2.13. The third-order valence-corrected chi connectivity index (χ3v) is 4.36. The number of benzene rings is 2. The van der Waals surface area contributed by atoms with Crippen LogP contribution in [0.2, 0.25) is 0 Å². The Kier molecular flexibility index (Phi) is 5.66. The van der Waals surface area contributed by atoms with Crippen molar-refractivity contribution in [3.63, 3.8) is 0 Å². The molecule has 0 atom stereocenters. The van der Waals surface area contributed by atoms with Gasteiger partial charge < -0.3 is 24.5 Å². The number of phenols is 2. The summed E-state index contributed by atoms with van der Waals surface area (Å²) in [6, 6.07) is 7.28. The molecule has 0 bridgehead atoms. The first-order valence-corrected chi connectivity index (χ1v) is 9.25. The SMILES string of the molecule is C/C(=C\COc1ccc2oc3cc(O)cc(O)c3c(=O)c2c1)C/C=C/C(C)(C)O. The van der Waals surface area contributed by atoms with Gasteiger partial charge in [0.15, 0.2) is 0 Å². The third kappa shape index (κ3) is 4.97. The van der Waals surface area contributed by atoms with E-state index in [0.717, 1.165) is 11.6 Å². The van der Waals surface area contributed by atoms with Crippen molar-refractivity contribution in [2.24, 2.45) is 0 Å². The lowest BCUT2D eigenvalue weighted by molar-refractivity contribution is 0.133. The predicted molar refractivity (Wildman–Crippen MR) is 113 cm³/mol. The van der Waals surface area contributed by atoms with Gasteiger partial charge in [-0.25, -0.2) is 0 Å². The first kappa shape index (κ1) is 20.5. The highest BCUT2D eigenvalue weighted by atomic mass is 16.5. The molecule has 0 amide bonds. The van der Waals surface area contributed by atoms with Crippen molar-refractivity contribution < 1.29 is 24.5 Å². The maximum absolute atomic E-state index is 12.8. The molecule has 3 rings (SSSR count). The second-order valence-electron chi connectivity index (χ2n) is 7.55. The molecule has 0 saturated heterocycles. The highest BCUT2D eigenvalue weighted by Crippen LogP contribution is 2.30. The average Bonchev–Trinajstić information content (AvgIpc) is 2.60. The van der Waals surface area contributed by atoms with E-state index in [-0.39, 0.29) is 27.9 Å². The molecule has 0 aliphatic rings. The van der Waals surface area contributed by atoms with Crippen molar-refractivity contribution in [2.75, 3.05) is 6.61 Å². The molecule has 0 saturated carbocycles. The van der Waals surface area contributed by atoms with Gasteiger partial charge in [0.2, 0.25) is 5.43 Å². The number of aromatic hydroxyl groups is 2. The van der Waals surface area contributed by atoms with E-state index >= 15 is 0 Å². The smallest absolute Gasteiger partial charge is 0.204 e. The van der Waals surface area contributed by atoms with Crippen LogP contribution in [0.1, 0.15) is 27.2 Å². The first-order valence-electron chi connectivity index (χ1n) is 9.25. The molecule has 6 nitrogen and oxygen atoms in total. The predicted octanol–water partition coefficient (Wildman–Crippen LogP) is 4.40. The molecule has 29 heavy (non-hydrogen) atoms. The Bertz CT molecular complexity index is 1160. The van der Waals surface area contributed by atoms with Crippen LogP contribution < -0.4 is 10.2 Å². The van der Waals surface area contributed by atoms with Crippen LogP contribution >= 0.6 is 0 Å². The van der Waals surface area contributed by atoms with Gasteiger partial charge in [0.1, 0.15) is 40.4 Å². The van der Waals surface area contributed by atoms with Crippen molar-refractivity contribution in [1.29, 1.82) is 0 Å². The largest absolute Gasteiger partial charge is 0.508 e. The second-order valence-corrected chi connectivity index (χ2v) is 7.55. The maximum atomic E-state index is 12.8. The molecule has 6 heteroatoms. The maximum Gasteiger partial charge on any atom is 0.204 e. The summed E-state index contributed by atoms with van der Waals surface area (Å²) in [5, 5.41) is 29.6. The quantitative estimate of drug-likeness (QED) is 0.422. The third-order valence-electron chi connectivity index (χ3n) is 4.36. The average molecular weight is 396 g/mol. The normalized spacial score (nSPS) is 12.9. The van der Waals surface area contributed by atoms with Crippen molar-refractivity contribution in [3.8, 4) is 17.2 Å². The van der Waals surface area contributed by atoms with Crippen LogP contribution in [-0.4, -0.2) is 27.5 Å². The Labute approximate surface area is 168 Å². The zero-order chi connectivity index (χ0) is 21.2. The Hall–Kier alpha value is -3.25. The number of fused-ring (bicyclic) bond motifs is 2. The zero-order valence-corrected chi connectivity index (χ0v) is 16.6. The molecular weight excluding hydrogens is 372 g/mol. The summed E-state index contributed by atoms with van der Waals surface area (Å²) in [7, 11) is 0. The second kappa shape index (κ2) is 8.01. The molecular formula is C23H24O6. The number of hydrogen-bond donors (Lipinski definition) is 3. The number of aliphatic hydroxyl groups is 1. The van der Waals surface area contributed by atoms with Gasteiger partial charge in [0.25, 0.3) is 0 Å². The molecule has 0 aliphatic carbocycles. The fraction of sp³-hybridized carbons (Fsp3) is 0.261. The summed E-state index contributed by atoms with van der Waals surface area (Å²) in [4.78, 5) is 12.8. The van der Waals surface area contributed by atoms with E-state index in [1.165, 1.54) is 6.07 Å². The lowest BCUT2D eigenvalue weighted by Gasteiger charge is -2.10. The van der Waals surface area contributed by atoms with Gasteiger partial charge in [-0.2, -0.15) is 0 Å². The number of ether oxygens (including phenoxy) is 1. The summed E-state index contributed by atoms with van der Waals surface area (Å²) < 4.78 is 11.4. The van der Waals surface area contributed by atoms with Gasteiger partial charge in [-0.15, -0.1) is 0 Å². The zero-order valence-electron chi connectivity index (χ0n) is 16.6. The molecule has 0 fully saturated rings. The van der Waals surface area contributed by atoms with E-state index in [9.17, 15) is 20.1 Å². The summed E-state index contributed by atoms with van der Waals surface area (Å²) in [5.41, 5.74) is 0.309. The summed E-state index contributed by atoms with van der Waals surface area (Å²) in [6.07, 6.45) is 6.28. The molecule has 152 valence electrons.